The second-order valence-electron chi connectivity index (χ2n) is 11.7. The normalized spacial score (nSPS) is 40.9. The van der Waals surface area contributed by atoms with Gasteiger partial charge in [-0.2, -0.15) is 0 Å². The lowest BCUT2D eigenvalue weighted by Gasteiger charge is -2.59. The van der Waals surface area contributed by atoms with Crippen LogP contribution in [0.2, 0.25) is 0 Å². The van der Waals surface area contributed by atoms with E-state index < -0.39 is 0 Å². The summed E-state index contributed by atoms with van der Waals surface area (Å²) in [7, 11) is 0. The van der Waals surface area contributed by atoms with Crippen LogP contribution in [0.15, 0.2) is 5.11 Å². The van der Waals surface area contributed by atoms with Crippen LogP contribution in [0.1, 0.15) is 73.1 Å². The van der Waals surface area contributed by atoms with E-state index in [0.29, 0.717) is 55.9 Å². The molecule has 0 saturated heterocycles. The number of hydrogen-bond acceptors (Lipinski definition) is 4. The van der Waals surface area contributed by atoms with Crippen LogP contribution in [0, 0.1) is 46.3 Å². The van der Waals surface area contributed by atoms with Crippen molar-refractivity contribution in [2.24, 2.45) is 51.5 Å². The summed E-state index contributed by atoms with van der Waals surface area (Å²) in [5.74, 6) is 2.61. The van der Waals surface area contributed by atoms with Crippen molar-refractivity contribution in [1.82, 2.24) is 5.32 Å². The summed E-state index contributed by atoms with van der Waals surface area (Å²) >= 11 is 0. The van der Waals surface area contributed by atoms with Gasteiger partial charge in [-0.25, -0.2) is 0 Å². The van der Waals surface area contributed by atoms with Gasteiger partial charge in [0.15, 0.2) is 0 Å². The molecule has 2 N–H and O–H groups in total. The Morgan fingerprint density at radius 3 is 2.56 bits per heavy atom. The molecule has 1 amide bonds. The Hall–Kier alpha value is -1.30. The minimum atomic E-state index is -0.226. The smallest absolute Gasteiger partial charge is 0.223 e. The predicted octanol–water partition coefficient (Wildman–Crippen LogP) is 4.94. The molecule has 7 nitrogen and oxygen atoms in total. The summed E-state index contributed by atoms with van der Waals surface area (Å²) in [5.41, 5.74) is 8.38. The first-order valence-corrected chi connectivity index (χ1v) is 12.7. The van der Waals surface area contributed by atoms with Crippen LogP contribution >= 0.6 is 0 Å². The zero-order valence-electron chi connectivity index (χ0n) is 20.7. The summed E-state index contributed by atoms with van der Waals surface area (Å²) < 4.78 is 5.46. The summed E-state index contributed by atoms with van der Waals surface area (Å²) in [5, 5.41) is 17.6. The van der Waals surface area contributed by atoms with Gasteiger partial charge in [-0.1, -0.05) is 39.7 Å². The van der Waals surface area contributed by atoms with Gasteiger partial charge in [-0.05, 0) is 84.5 Å². The Bertz CT molecular complexity index is 707. The second kappa shape index (κ2) is 10.3. The molecule has 3 fully saturated rings. The van der Waals surface area contributed by atoms with Crippen molar-refractivity contribution < 1.29 is 14.6 Å². The lowest BCUT2D eigenvalue weighted by molar-refractivity contribution is -0.151. The predicted molar refractivity (Wildman–Crippen MR) is 126 cm³/mol. The molecule has 0 aromatic heterocycles. The van der Waals surface area contributed by atoms with Crippen LogP contribution in [0.3, 0.4) is 0 Å². The van der Waals surface area contributed by atoms with Crippen LogP contribution in [-0.4, -0.2) is 43.4 Å². The number of ether oxygens (including phenoxy) is 1. The van der Waals surface area contributed by atoms with Crippen molar-refractivity contribution >= 4 is 5.91 Å². The molecular weight excluding hydrogens is 404 g/mol. The third-order valence-electron chi connectivity index (χ3n) is 9.68. The van der Waals surface area contributed by atoms with Crippen molar-refractivity contribution in [3.8, 4) is 0 Å². The van der Waals surface area contributed by atoms with Crippen molar-refractivity contribution in [3.63, 3.8) is 0 Å². The Kier molecular flexibility index (Phi) is 8.16. The van der Waals surface area contributed by atoms with Crippen LogP contribution in [-0.2, 0) is 9.53 Å². The highest BCUT2D eigenvalue weighted by molar-refractivity contribution is 5.79. The lowest BCUT2D eigenvalue weighted by Crippen LogP contribution is -2.56. The van der Waals surface area contributed by atoms with E-state index >= 15 is 0 Å². The van der Waals surface area contributed by atoms with E-state index in [0.717, 1.165) is 38.5 Å². The van der Waals surface area contributed by atoms with Gasteiger partial charge < -0.3 is 15.2 Å². The fourth-order valence-corrected chi connectivity index (χ4v) is 7.74. The van der Waals surface area contributed by atoms with E-state index in [1.165, 1.54) is 0 Å². The summed E-state index contributed by atoms with van der Waals surface area (Å²) in [4.78, 5) is 16.1. The van der Waals surface area contributed by atoms with Crippen molar-refractivity contribution in [2.45, 2.75) is 79.2 Å². The molecule has 0 spiro atoms. The molecule has 0 aromatic carbocycles. The number of aliphatic hydroxyl groups excluding tert-OH is 1. The number of carbonyl (C=O) groups excluding carboxylic acids is 1. The molecule has 8 atom stereocenters. The van der Waals surface area contributed by atoms with Gasteiger partial charge in [0, 0.05) is 23.9 Å². The molecule has 7 heteroatoms. The molecule has 0 aliphatic heterocycles. The van der Waals surface area contributed by atoms with Crippen LogP contribution in [0.4, 0.5) is 0 Å². The van der Waals surface area contributed by atoms with E-state index in [-0.39, 0.29) is 28.8 Å². The van der Waals surface area contributed by atoms with Gasteiger partial charge >= 0.3 is 0 Å². The topological polar surface area (TPSA) is 107 Å². The highest BCUT2D eigenvalue weighted by atomic mass is 16.5. The standard InChI is InChI=1S/C25H44N4O3/c1-16-6-7-22(30)25(5)9-8-19-17(2)14-18(21(15-20(16)25)24(19,3)4)23(31)27-10-12-32-13-11-28-29-26/h16-22,30H,6-15H2,1-5H3,(H,27,31)/t16-,17-,18?,19+,20-,21+,22?,25+/m1/s1. The molecule has 182 valence electrons. The van der Waals surface area contributed by atoms with Gasteiger partial charge in [-0.15, -0.1) is 0 Å². The third kappa shape index (κ3) is 4.95. The quantitative estimate of drug-likeness (QED) is 0.249. The molecule has 0 aromatic rings. The van der Waals surface area contributed by atoms with Crippen molar-refractivity contribution in [1.29, 1.82) is 0 Å². The number of azide groups is 1. The molecule has 0 radical (unpaired) electrons. The monoisotopic (exact) mass is 448 g/mol. The molecule has 3 aliphatic carbocycles. The molecule has 3 saturated carbocycles. The minimum Gasteiger partial charge on any atom is -0.393 e. The van der Waals surface area contributed by atoms with E-state index in [1.54, 1.807) is 0 Å². The molecule has 3 aliphatic rings. The zero-order valence-corrected chi connectivity index (χ0v) is 20.7. The van der Waals surface area contributed by atoms with E-state index in [1.807, 2.05) is 0 Å². The molecule has 3 rings (SSSR count). The Morgan fingerprint density at radius 2 is 1.84 bits per heavy atom. The summed E-state index contributed by atoms with van der Waals surface area (Å²) in [6.07, 6.45) is 5.99. The first kappa shape index (κ1) is 25.3. The zero-order chi connectivity index (χ0) is 23.5. The Labute approximate surface area is 193 Å². The Morgan fingerprint density at radius 1 is 1.09 bits per heavy atom. The van der Waals surface area contributed by atoms with Gasteiger partial charge in [0.25, 0.3) is 0 Å². The maximum absolute atomic E-state index is 13.4. The fourth-order valence-electron chi connectivity index (χ4n) is 7.74. The number of amides is 1. The van der Waals surface area contributed by atoms with Gasteiger partial charge in [0.1, 0.15) is 0 Å². The van der Waals surface area contributed by atoms with Gasteiger partial charge in [0.05, 0.1) is 19.3 Å². The second-order valence-corrected chi connectivity index (χ2v) is 11.7. The highest BCUT2D eigenvalue weighted by Crippen LogP contribution is 2.61. The number of nitrogens with one attached hydrogen (secondary N) is 1. The Balaban J connectivity index is 1.74. The first-order chi connectivity index (χ1) is 15.1. The fraction of sp³-hybridized carbons (Fsp3) is 0.960. The van der Waals surface area contributed by atoms with Crippen LogP contribution in [0.5, 0.6) is 0 Å². The maximum atomic E-state index is 13.4. The number of rotatable bonds is 7. The summed E-state index contributed by atoms with van der Waals surface area (Å²) in [6, 6.07) is 0. The largest absolute Gasteiger partial charge is 0.393 e. The van der Waals surface area contributed by atoms with Crippen LogP contribution < -0.4 is 5.32 Å². The highest BCUT2D eigenvalue weighted by Gasteiger charge is 2.56. The SMILES string of the molecule is C[C@@H]1CCC(O)[C@@]2(C)CC[C@H]3[C@H](C)CC(C(=O)NCCOCCN=[N+]=[N-])[C@H](C[C@H]12)C3(C)C. The number of carbonyl (C=O) groups is 1. The molecular formula is C25H44N4O3. The lowest BCUT2D eigenvalue weighted by atomic mass is 9.46. The number of nitrogens with zero attached hydrogens (tertiary/aromatic N) is 3. The molecule has 2 bridgehead atoms. The van der Waals surface area contributed by atoms with E-state index in [2.05, 4.69) is 50.0 Å². The van der Waals surface area contributed by atoms with Crippen LogP contribution in [0.25, 0.3) is 10.4 Å². The minimum absolute atomic E-state index is 0.00746. The number of hydrogen-bond donors (Lipinski definition) is 2. The van der Waals surface area contributed by atoms with Gasteiger partial charge in [0.2, 0.25) is 5.91 Å². The third-order valence-corrected chi connectivity index (χ3v) is 9.68. The molecule has 0 heterocycles. The van der Waals surface area contributed by atoms with Crippen molar-refractivity contribution in [3.05, 3.63) is 10.4 Å². The van der Waals surface area contributed by atoms with E-state index in [4.69, 9.17) is 10.3 Å². The molecule has 32 heavy (non-hydrogen) atoms. The average Bonchev–Trinajstić information content (AvgIpc) is 2.73. The summed E-state index contributed by atoms with van der Waals surface area (Å²) in [6.45, 7) is 13.4. The maximum Gasteiger partial charge on any atom is 0.223 e. The first-order valence-electron chi connectivity index (χ1n) is 12.7. The van der Waals surface area contributed by atoms with Gasteiger partial charge in [-0.3, -0.25) is 4.79 Å². The van der Waals surface area contributed by atoms with E-state index in [9.17, 15) is 9.90 Å². The van der Waals surface area contributed by atoms with Crippen molar-refractivity contribution in [2.75, 3.05) is 26.3 Å². The number of aliphatic hydroxyl groups is 1. The molecule has 2 unspecified atom stereocenters. The average molecular weight is 449 g/mol. The number of fused-ring (bicyclic) bond motifs is 3.